The van der Waals surface area contributed by atoms with Gasteiger partial charge in [0.15, 0.2) is 5.65 Å². The van der Waals surface area contributed by atoms with Crippen LogP contribution >= 0.6 is 0 Å². The summed E-state index contributed by atoms with van der Waals surface area (Å²) in [5.74, 6) is 0.447. The van der Waals surface area contributed by atoms with E-state index in [4.69, 9.17) is 5.73 Å². The normalized spacial score (nSPS) is 10.8. The Kier molecular flexibility index (Phi) is 1.30. The third-order valence-electron chi connectivity index (χ3n) is 1.86. The predicted molar refractivity (Wildman–Crippen MR) is 46.9 cm³/mol. The Morgan fingerprint density at radius 2 is 2.00 bits per heavy atom. The van der Waals surface area contributed by atoms with Crippen molar-refractivity contribution in [1.29, 1.82) is 0 Å². The van der Waals surface area contributed by atoms with E-state index in [1.54, 1.807) is 0 Å². The number of pyridine rings is 1. The number of fused-ring (bicyclic) bond motifs is 1. The molecule has 4 nitrogen and oxygen atoms in total. The maximum absolute atomic E-state index is 5.62. The standard InChI is InChI=1S/C8H10N4/c1-5-3-6(2)12-7(4-5)10-11-8(12)9/h3-4H,1-2H3,(H2,9,11). The Hall–Kier alpha value is -1.58. The van der Waals surface area contributed by atoms with Gasteiger partial charge in [0.2, 0.25) is 5.95 Å². The highest BCUT2D eigenvalue weighted by Gasteiger charge is 2.03. The van der Waals surface area contributed by atoms with E-state index >= 15 is 0 Å². The van der Waals surface area contributed by atoms with Gasteiger partial charge < -0.3 is 5.73 Å². The Labute approximate surface area is 70.0 Å². The van der Waals surface area contributed by atoms with Crippen molar-refractivity contribution in [2.75, 3.05) is 5.73 Å². The van der Waals surface area contributed by atoms with E-state index in [1.807, 2.05) is 30.4 Å². The molecular weight excluding hydrogens is 152 g/mol. The molecular formula is C8H10N4. The minimum atomic E-state index is 0.447. The summed E-state index contributed by atoms with van der Waals surface area (Å²) >= 11 is 0. The molecule has 0 fully saturated rings. The number of rotatable bonds is 0. The molecule has 2 heterocycles. The average Bonchev–Trinajstić information content (AvgIpc) is 2.31. The van der Waals surface area contributed by atoms with E-state index in [0.717, 1.165) is 11.3 Å². The van der Waals surface area contributed by atoms with Crippen molar-refractivity contribution in [1.82, 2.24) is 14.6 Å². The summed E-state index contributed by atoms with van der Waals surface area (Å²) in [6.45, 7) is 4.01. The Morgan fingerprint density at radius 1 is 1.25 bits per heavy atom. The van der Waals surface area contributed by atoms with Crippen LogP contribution in [0.25, 0.3) is 5.65 Å². The van der Waals surface area contributed by atoms with Crippen molar-refractivity contribution in [3.8, 4) is 0 Å². The van der Waals surface area contributed by atoms with Gasteiger partial charge in [0, 0.05) is 5.69 Å². The van der Waals surface area contributed by atoms with Crippen LogP contribution in [0, 0.1) is 13.8 Å². The van der Waals surface area contributed by atoms with Crippen LogP contribution < -0.4 is 5.73 Å². The first-order chi connectivity index (χ1) is 5.68. The molecule has 0 amide bonds. The number of nitrogen functional groups attached to an aromatic ring is 1. The lowest BCUT2D eigenvalue weighted by Crippen LogP contribution is -1.97. The van der Waals surface area contributed by atoms with E-state index in [9.17, 15) is 0 Å². The number of aromatic nitrogens is 3. The lowest BCUT2D eigenvalue weighted by molar-refractivity contribution is 1.08. The maximum atomic E-state index is 5.62. The van der Waals surface area contributed by atoms with Crippen LogP contribution in [-0.4, -0.2) is 14.6 Å². The fourth-order valence-corrected chi connectivity index (χ4v) is 1.40. The molecule has 0 bridgehead atoms. The molecule has 62 valence electrons. The van der Waals surface area contributed by atoms with Gasteiger partial charge in [-0.15, -0.1) is 10.2 Å². The van der Waals surface area contributed by atoms with Crippen molar-refractivity contribution in [2.45, 2.75) is 13.8 Å². The Bertz CT molecular complexity index is 430. The van der Waals surface area contributed by atoms with Crippen LogP contribution in [0.15, 0.2) is 12.1 Å². The molecule has 0 aliphatic carbocycles. The molecule has 2 N–H and O–H groups in total. The van der Waals surface area contributed by atoms with Gasteiger partial charge in [-0.25, -0.2) is 0 Å². The predicted octanol–water partition coefficient (Wildman–Crippen LogP) is 0.928. The van der Waals surface area contributed by atoms with Gasteiger partial charge >= 0.3 is 0 Å². The van der Waals surface area contributed by atoms with E-state index in [2.05, 4.69) is 10.2 Å². The molecule has 4 heteroatoms. The number of nitrogens with two attached hydrogens (primary N) is 1. The van der Waals surface area contributed by atoms with Gasteiger partial charge in [-0.2, -0.15) is 0 Å². The van der Waals surface area contributed by atoms with Crippen molar-refractivity contribution >= 4 is 11.6 Å². The Balaban J connectivity index is 2.93. The van der Waals surface area contributed by atoms with Crippen molar-refractivity contribution in [3.63, 3.8) is 0 Å². The summed E-state index contributed by atoms with van der Waals surface area (Å²) in [7, 11) is 0. The summed E-state index contributed by atoms with van der Waals surface area (Å²) < 4.78 is 1.83. The summed E-state index contributed by atoms with van der Waals surface area (Å²) in [6.07, 6.45) is 0. The smallest absolute Gasteiger partial charge is 0.226 e. The molecule has 0 aromatic carbocycles. The van der Waals surface area contributed by atoms with Gasteiger partial charge in [0.1, 0.15) is 0 Å². The minimum absolute atomic E-state index is 0.447. The van der Waals surface area contributed by atoms with Gasteiger partial charge in [-0.05, 0) is 31.5 Å². The molecule has 2 aromatic heterocycles. The van der Waals surface area contributed by atoms with E-state index in [0.29, 0.717) is 5.95 Å². The molecule has 0 radical (unpaired) electrons. The molecule has 0 spiro atoms. The molecule has 12 heavy (non-hydrogen) atoms. The zero-order valence-corrected chi connectivity index (χ0v) is 7.07. The summed E-state index contributed by atoms with van der Waals surface area (Å²) in [5, 5.41) is 7.72. The van der Waals surface area contributed by atoms with E-state index < -0.39 is 0 Å². The SMILES string of the molecule is Cc1cc(C)n2c(N)nnc2c1. The van der Waals surface area contributed by atoms with Crippen LogP contribution in [-0.2, 0) is 0 Å². The van der Waals surface area contributed by atoms with Crippen molar-refractivity contribution in [2.24, 2.45) is 0 Å². The number of aryl methyl sites for hydroxylation is 2. The molecule has 0 atom stereocenters. The van der Waals surface area contributed by atoms with E-state index in [-0.39, 0.29) is 0 Å². The number of anilines is 1. The van der Waals surface area contributed by atoms with Gasteiger partial charge in [-0.3, -0.25) is 4.40 Å². The molecule has 0 unspecified atom stereocenters. The van der Waals surface area contributed by atoms with Crippen molar-refractivity contribution < 1.29 is 0 Å². The third kappa shape index (κ3) is 0.845. The zero-order valence-electron chi connectivity index (χ0n) is 7.07. The van der Waals surface area contributed by atoms with Crippen LogP contribution in [0.1, 0.15) is 11.3 Å². The minimum Gasteiger partial charge on any atom is -0.368 e. The van der Waals surface area contributed by atoms with Gasteiger partial charge in [0.05, 0.1) is 0 Å². The highest BCUT2D eigenvalue weighted by molar-refractivity contribution is 5.47. The second-order valence-corrected chi connectivity index (χ2v) is 2.93. The fraction of sp³-hybridized carbons (Fsp3) is 0.250. The first-order valence-electron chi connectivity index (χ1n) is 3.76. The largest absolute Gasteiger partial charge is 0.368 e. The highest BCUT2D eigenvalue weighted by atomic mass is 15.3. The molecule has 2 rings (SSSR count). The van der Waals surface area contributed by atoms with Crippen LogP contribution in [0.2, 0.25) is 0 Å². The quantitative estimate of drug-likeness (QED) is 0.627. The molecule has 0 saturated heterocycles. The average molecular weight is 162 g/mol. The van der Waals surface area contributed by atoms with Crippen LogP contribution in [0.5, 0.6) is 0 Å². The van der Waals surface area contributed by atoms with Crippen molar-refractivity contribution in [3.05, 3.63) is 23.4 Å². The fourth-order valence-electron chi connectivity index (χ4n) is 1.40. The highest BCUT2D eigenvalue weighted by Crippen LogP contribution is 2.11. The van der Waals surface area contributed by atoms with Gasteiger partial charge in [-0.1, -0.05) is 0 Å². The van der Waals surface area contributed by atoms with Crippen LogP contribution in [0.3, 0.4) is 0 Å². The molecule has 0 saturated carbocycles. The maximum Gasteiger partial charge on any atom is 0.226 e. The van der Waals surface area contributed by atoms with Crippen LogP contribution in [0.4, 0.5) is 5.95 Å². The summed E-state index contributed by atoms with van der Waals surface area (Å²) in [5.41, 5.74) is 8.66. The number of hydrogen-bond donors (Lipinski definition) is 1. The first-order valence-corrected chi connectivity index (χ1v) is 3.76. The molecule has 0 aliphatic heterocycles. The molecule has 0 aliphatic rings. The lowest BCUT2D eigenvalue weighted by Gasteiger charge is -2.00. The lowest BCUT2D eigenvalue weighted by atomic mass is 10.2. The summed E-state index contributed by atoms with van der Waals surface area (Å²) in [4.78, 5) is 0. The second-order valence-electron chi connectivity index (χ2n) is 2.93. The topological polar surface area (TPSA) is 56.2 Å². The molecule has 2 aromatic rings. The number of nitrogens with zero attached hydrogens (tertiary/aromatic N) is 3. The first kappa shape index (κ1) is 7.09. The monoisotopic (exact) mass is 162 g/mol. The second kappa shape index (κ2) is 2.20. The Morgan fingerprint density at radius 3 is 2.75 bits per heavy atom. The zero-order chi connectivity index (χ0) is 8.72. The summed E-state index contributed by atoms with van der Waals surface area (Å²) in [6, 6.07) is 4.00. The number of hydrogen-bond acceptors (Lipinski definition) is 3. The third-order valence-corrected chi connectivity index (χ3v) is 1.86. The van der Waals surface area contributed by atoms with E-state index in [1.165, 1.54) is 5.56 Å². The van der Waals surface area contributed by atoms with Gasteiger partial charge in [0.25, 0.3) is 0 Å².